The molecule has 0 atom stereocenters. The molecule has 1 rings (SSSR count). The van der Waals surface area contributed by atoms with Crippen molar-refractivity contribution in [2.75, 3.05) is 11.9 Å². The maximum absolute atomic E-state index is 11.6. The van der Waals surface area contributed by atoms with Gasteiger partial charge in [-0.2, -0.15) is 0 Å². The largest absolute Gasteiger partial charge is 0.478 e. The number of anilines is 1. The maximum Gasteiger partial charge on any atom is 0.335 e. The van der Waals surface area contributed by atoms with Crippen LogP contribution in [0.1, 0.15) is 24.2 Å². The molecule has 0 spiro atoms. The fourth-order valence-corrected chi connectivity index (χ4v) is 1.82. The van der Waals surface area contributed by atoms with Gasteiger partial charge in [-0.15, -0.1) is 0 Å². The predicted octanol–water partition coefficient (Wildman–Crippen LogP) is 3.06. The highest BCUT2D eigenvalue weighted by atomic mass is 35.5. The van der Waals surface area contributed by atoms with Crippen molar-refractivity contribution < 1.29 is 19.4 Å². The monoisotopic (exact) mass is 305 g/mol. The van der Waals surface area contributed by atoms with Crippen LogP contribution in [-0.4, -0.2) is 29.7 Å². The molecule has 0 aliphatic carbocycles. The van der Waals surface area contributed by atoms with Crippen LogP contribution in [0.25, 0.3) is 0 Å². The Morgan fingerprint density at radius 3 is 2.26 bits per heavy atom. The topological polar surface area (TPSA) is 75.6 Å². The van der Waals surface area contributed by atoms with Crippen LogP contribution in [0.4, 0.5) is 5.69 Å². The van der Waals surface area contributed by atoms with E-state index in [1.54, 1.807) is 13.8 Å². The zero-order valence-corrected chi connectivity index (χ0v) is 11.9. The molecule has 0 aromatic heterocycles. The van der Waals surface area contributed by atoms with Crippen LogP contribution in [0.15, 0.2) is 12.1 Å². The number of carbonyl (C=O) groups is 2. The molecule has 0 saturated heterocycles. The lowest BCUT2D eigenvalue weighted by Gasteiger charge is -2.11. The van der Waals surface area contributed by atoms with E-state index >= 15 is 0 Å². The minimum absolute atomic E-state index is 0.0496. The number of carbonyl (C=O) groups excluding carboxylic acids is 1. The quantitative estimate of drug-likeness (QED) is 0.876. The minimum Gasteiger partial charge on any atom is -0.478 e. The first-order valence-corrected chi connectivity index (χ1v) is 6.20. The van der Waals surface area contributed by atoms with E-state index in [1.165, 1.54) is 12.1 Å². The molecule has 2 N–H and O–H groups in total. The molecule has 0 aliphatic rings. The molecule has 0 bridgehead atoms. The Bertz CT molecular complexity index is 479. The van der Waals surface area contributed by atoms with Crippen LogP contribution in [0.2, 0.25) is 10.0 Å². The molecule has 0 saturated carbocycles. The molecule has 0 aliphatic heterocycles. The number of ether oxygens (including phenoxy) is 1. The first-order chi connectivity index (χ1) is 8.81. The van der Waals surface area contributed by atoms with Gasteiger partial charge < -0.3 is 15.2 Å². The summed E-state index contributed by atoms with van der Waals surface area (Å²) in [6, 6.07) is 2.43. The number of halogens is 2. The smallest absolute Gasteiger partial charge is 0.335 e. The van der Waals surface area contributed by atoms with Crippen LogP contribution < -0.4 is 5.32 Å². The van der Waals surface area contributed by atoms with E-state index < -0.39 is 11.9 Å². The summed E-state index contributed by atoms with van der Waals surface area (Å²) in [5.74, 6) is -1.56. The molecule has 1 amide bonds. The molecule has 1 aromatic carbocycles. The van der Waals surface area contributed by atoms with E-state index in [9.17, 15) is 9.59 Å². The Hall–Kier alpha value is -1.30. The third-order valence-electron chi connectivity index (χ3n) is 2.10. The predicted molar refractivity (Wildman–Crippen MR) is 73.1 cm³/mol. The summed E-state index contributed by atoms with van der Waals surface area (Å²) in [4.78, 5) is 22.4. The Kier molecular flexibility index (Phi) is 5.60. The van der Waals surface area contributed by atoms with Gasteiger partial charge in [-0.25, -0.2) is 4.79 Å². The van der Waals surface area contributed by atoms with E-state index in [0.717, 1.165) is 0 Å². The molecular weight excluding hydrogens is 293 g/mol. The highest BCUT2D eigenvalue weighted by Gasteiger charge is 2.14. The van der Waals surface area contributed by atoms with Gasteiger partial charge in [0.2, 0.25) is 5.91 Å². The molecule has 0 unspecified atom stereocenters. The van der Waals surface area contributed by atoms with Crippen LogP contribution in [0.3, 0.4) is 0 Å². The number of benzene rings is 1. The summed E-state index contributed by atoms with van der Waals surface area (Å²) in [6.07, 6.45) is -0.0777. The molecule has 0 fully saturated rings. The highest BCUT2D eigenvalue weighted by Crippen LogP contribution is 2.31. The summed E-state index contributed by atoms with van der Waals surface area (Å²) in [6.45, 7) is 3.47. The Morgan fingerprint density at radius 2 is 1.84 bits per heavy atom. The lowest BCUT2D eigenvalue weighted by atomic mass is 10.2. The third kappa shape index (κ3) is 4.70. The molecular formula is C12H13Cl2NO4. The third-order valence-corrected chi connectivity index (χ3v) is 2.70. The van der Waals surface area contributed by atoms with E-state index in [2.05, 4.69) is 5.32 Å². The van der Waals surface area contributed by atoms with Crippen molar-refractivity contribution in [1.82, 2.24) is 0 Å². The van der Waals surface area contributed by atoms with Crippen molar-refractivity contribution in [3.05, 3.63) is 27.7 Å². The molecule has 0 heterocycles. The van der Waals surface area contributed by atoms with Crippen molar-refractivity contribution in [3.63, 3.8) is 0 Å². The number of aromatic carboxylic acids is 1. The van der Waals surface area contributed by atoms with Crippen LogP contribution in [-0.2, 0) is 9.53 Å². The van der Waals surface area contributed by atoms with E-state index in [4.69, 9.17) is 33.0 Å². The molecule has 0 radical (unpaired) electrons. The average molecular weight is 306 g/mol. The van der Waals surface area contributed by atoms with Crippen LogP contribution >= 0.6 is 23.2 Å². The van der Waals surface area contributed by atoms with Gasteiger partial charge in [0.05, 0.1) is 27.4 Å². The summed E-state index contributed by atoms with van der Waals surface area (Å²) < 4.78 is 5.13. The molecule has 104 valence electrons. The summed E-state index contributed by atoms with van der Waals surface area (Å²) >= 11 is 11.8. The number of hydrogen-bond acceptors (Lipinski definition) is 3. The van der Waals surface area contributed by atoms with Gasteiger partial charge >= 0.3 is 5.97 Å². The van der Waals surface area contributed by atoms with Gasteiger partial charge in [-0.05, 0) is 26.0 Å². The average Bonchev–Trinajstić information content (AvgIpc) is 2.30. The molecule has 7 heteroatoms. The normalized spacial score (nSPS) is 10.6. The highest BCUT2D eigenvalue weighted by molar-refractivity contribution is 6.40. The fourth-order valence-electron chi connectivity index (χ4n) is 1.23. The molecule has 5 nitrogen and oxygen atoms in total. The van der Waals surface area contributed by atoms with Crippen LogP contribution in [0.5, 0.6) is 0 Å². The number of amides is 1. The van der Waals surface area contributed by atoms with Gasteiger partial charge in [0.1, 0.15) is 6.61 Å². The van der Waals surface area contributed by atoms with Gasteiger partial charge in [0.15, 0.2) is 0 Å². The van der Waals surface area contributed by atoms with E-state index in [1.807, 2.05) is 0 Å². The Labute approximate surface area is 120 Å². The van der Waals surface area contributed by atoms with Gasteiger partial charge in [0.25, 0.3) is 0 Å². The number of rotatable bonds is 5. The number of carboxylic acids is 1. The minimum atomic E-state index is -1.15. The fraction of sp³-hybridized carbons (Fsp3) is 0.333. The molecule has 1 aromatic rings. The zero-order valence-electron chi connectivity index (χ0n) is 10.4. The lowest BCUT2D eigenvalue weighted by molar-refractivity contribution is -0.121. The van der Waals surface area contributed by atoms with Gasteiger partial charge in [-0.3, -0.25) is 4.79 Å². The second-order valence-corrected chi connectivity index (χ2v) is 4.84. The van der Waals surface area contributed by atoms with Crippen molar-refractivity contribution in [1.29, 1.82) is 0 Å². The Morgan fingerprint density at radius 1 is 1.32 bits per heavy atom. The second kappa shape index (κ2) is 6.75. The first-order valence-electron chi connectivity index (χ1n) is 5.45. The maximum atomic E-state index is 11.6. The number of nitrogens with one attached hydrogen (secondary N) is 1. The zero-order chi connectivity index (χ0) is 14.6. The number of hydrogen-bond donors (Lipinski definition) is 2. The molecule has 19 heavy (non-hydrogen) atoms. The van der Waals surface area contributed by atoms with Crippen molar-refractivity contribution >= 4 is 40.8 Å². The SMILES string of the molecule is CC(C)OCC(=O)Nc1c(Cl)cc(C(=O)O)cc1Cl. The lowest BCUT2D eigenvalue weighted by Crippen LogP contribution is -2.21. The van der Waals surface area contributed by atoms with Gasteiger partial charge in [-0.1, -0.05) is 23.2 Å². The van der Waals surface area contributed by atoms with Gasteiger partial charge in [0, 0.05) is 0 Å². The van der Waals surface area contributed by atoms with Crippen molar-refractivity contribution in [3.8, 4) is 0 Å². The van der Waals surface area contributed by atoms with Crippen LogP contribution in [0, 0.1) is 0 Å². The summed E-state index contributed by atoms with van der Waals surface area (Å²) in [5, 5.41) is 11.4. The first kappa shape index (κ1) is 15.8. The Balaban J connectivity index is 2.84. The second-order valence-electron chi connectivity index (χ2n) is 4.03. The van der Waals surface area contributed by atoms with Crippen molar-refractivity contribution in [2.45, 2.75) is 20.0 Å². The summed E-state index contributed by atoms with van der Waals surface area (Å²) in [7, 11) is 0. The van der Waals surface area contributed by atoms with E-state index in [-0.39, 0.29) is 34.0 Å². The summed E-state index contributed by atoms with van der Waals surface area (Å²) in [5.41, 5.74) is 0.122. The number of carboxylic acid groups (broad SMARTS) is 1. The standard InChI is InChI=1S/C12H13Cl2NO4/c1-6(2)19-5-10(16)15-11-8(13)3-7(12(17)18)4-9(11)14/h3-4,6H,5H2,1-2H3,(H,15,16)(H,17,18). The van der Waals surface area contributed by atoms with Crippen molar-refractivity contribution in [2.24, 2.45) is 0 Å². The van der Waals surface area contributed by atoms with E-state index in [0.29, 0.717) is 0 Å².